The van der Waals surface area contributed by atoms with Crippen LogP contribution in [0.25, 0.3) is 0 Å². The molecule has 0 saturated carbocycles. The van der Waals surface area contributed by atoms with Gasteiger partial charge in [0, 0.05) is 20.2 Å². The van der Waals surface area contributed by atoms with Crippen molar-refractivity contribution in [1.29, 1.82) is 0 Å². The van der Waals surface area contributed by atoms with Gasteiger partial charge in [0.2, 0.25) is 5.91 Å². The molecule has 0 unspecified atom stereocenters. The molecule has 0 saturated heterocycles. The predicted molar refractivity (Wildman–Crippen MR) is 75.7 cm³/mol. The quantitative estimate of drug-likeness (QED) is 0.838. The first kappa shape index (κ1) is 16.2. The molecule has 0 heterocycles. The summed E-state index contributed by atoms with van der Waals surface area (Å²) in [5, 5.41) is 9.85. The molecule has 0 aliphatic carbocycles. The number of aliphatic hydroxyl groups is 1. The maximum atomic E-state index is 12.1. The van der Waals surface area contributed by atoms with Crippen LogP contribution in [0, 0.1) is 0 Å². The predicted octanol–water partition coefficient (Wildman–Crippen LogP) is 2.00. The summed E-state index contributed by atoms with van der Waals surface area (Å²) in [6.45, 7) is 1.12. The van der Waals surface area contributed by atoms with Crippen LogP contribution < -0.4 is 0 Å². The molecule has 6 heteroatoms. The van der Waals surface area contributed by atoms with Crippen molar-refractivity contribution in [2.45, 2.75) is 6.42 Å². The molecule has 1 aromatic carbocycles. The number of carbonyl (C=O) groups excluding carboxylic acids is 1. The standard InChI is InChI=1S/C13H17Cl2NO3/c1-19-7-5-16(4-6-17)13(18)9-10-2-3-11(14)12(15)8-10/h2-3,8,17H,4-7,9H2,1H3. The second kappa shape index (κ2) is 8.38. The lowest BCUT2D eigenvalue weighted by Gasteiger charge is -2.21. The van der Waals surface area contributed by atoms with Crippen LogP contribution in [0.1, 0.15) is 5.56 Å². The summed E-state index contributed by atoms with van der Waals surface area (Å²) in [5.41, 5.74) is 0.791. The number of nitrogens with zero attached hydrogens (tertiary/aromatic N) is 1. The first-order valence-electron chi connectivity index (χ1n) is 5.90. The van der Waals surface area contributed by atoms with E-state index >= 15 is 0 Å². The molecule has 0 radical (unpaired) electrons. The van der Waals surface area contributed by atoms with E-state index in [2.05, 4.69) is 0 Å². The molecule has 19 heavy (non-hydrogen) atoms. The van der Waals surface area contributed by atoms with E-state index < -0.39 is 0 Å². The van der Waals surface area contributed by atoms with E-state index in [-0.39, 0.29) is 18.9 Å². The Morgan fingerprint density at radius 3 is 2.63 bits per heavy atom. The second-order valence-corrected chi connectivity index (χ2v) is 4.84. The fourth-order valence-corrected chi connectivity index (χ4v) is 1.94. The van der Waals surface area contributed by atoms with Crippen molar-refractivity contribution in [2.75, 3.05) is 33.4 Å². The molecule has 1 aromatic rings. The highest BCUT2D eigenvalue weighted by atomic mass is 35.5. The molecular weight excluding hydrogens is 289 g/mol. The number of halogens is 2. The Balaban J connectivity index is 2.66. The summed E-state index contributed by atoms with van der Waals surface area (Å²) in [5.74, 6) is -0.0792. The third-order valence-electron chi connectivity index (χ3n) is 2.63. The highest BCUT2D eigenvalue weighted by Crippen LogP contribution is 2.22. The molecule has 1 rings (SSSR count). The van der Waals surface area contributed by atoms with E-state index in [4.69, 9.17) is 33.0 Å². The maximum Gasteiger partial charge on any atom is 0.227 e. The number of methoxy groups -OCH3 is 1. The summed E-state index contributed by atoms with van der Waals surface area (Å²) in [6, 6.07) is 5.10. The normalized spacial score (nSPS) is 10.5. The third-order valence-corrected chi connectivity index (χ3v) is 3.37. The van der Waals surface area contributed by atoms with Gasteiger partial charge in [-0.3, -0.25) is 4.79 Å². The minimum atomic E-state index is -0.0792. The molecule has 1 N–H and O–H groups in total. The summed E-state index contributed by atoms with van der Waals surface area (Å²) in [6.07, 6.45) is 0.223. The van der Waals surface area contributed by atoms with E-state index in [1.54, 1.807) is 30.2 Å². The molecule has 0 bridgehead atoms. The van der Waals surface area contributed by atoms with Crippen LogP contribution in [0.3, 0.4) is 0 Å². The number of hydrogen-bond donors (Lipinski definition) is 1. The summed E-state index contributed by atoms with van der Waals surface area (Å²) >= 11 is 11.7. The van der Waals surface area contributed by atoms with E-state index in [1.807, 2.05) is 0 Å². The van der Waals surface area contributed by atoms with Gasteiger partial charge in [-0.2, -0.15) is 0 Å². The van der Waals surface area contributed by atoms with Gasteiger partial charge in [-0.15, -0.1) is 0 Å². The topological polar surface area (TPSA) is 49.8 Å². The van der Waals surface area contributed by atoms with E-state index in [1.165, 1.54) is 0 Å². The lowest BCUT2D eigenvalue weighted by atomic mass is 10.1. The van der Waals surface area contributed by atoms with E-state index in [9.17, 15) is 4.79 Å². The van der Waals surface area contributed by atoms with Crippen molar-refractivity contribution in [2.24, 2.45) is 0 Å². The fraction of sp³-hybridized carbons (Fsp3) is 0.462. The van der Waals surface area contributed by atoms with Crippen LogP contribution in [0.4, 0.5) is 0 Å². The zero-order valence-corrected chi connectivity index (χ0v) is 12.2. The molecule has 0 atom stereocenters. The van der Waals surface area contributed by atoms with Crippen LogP contribution in [0.2, 0.25) is 10.0 Å². The second-order valence-electron chi connectivity index (χ2n) is 4.02. The SMILES string of the molecule is COCCN(CCO)C(=O)Cc1ccc(Cl)c(Cl)c1. The first-order valence-corrected chi connectivity index (χ1v) is 6.65. The third kappa shape index (κ3) is 5.37. The molecule has 0 aliphatic rings. The molecule has 1 amide bonds. The Morgan fingerprint density at radius 2 is 2.05 bits per heavy atom. The minimum absolute atomic E-state index is 0.0726. The van der Waals surface area contributed by atoms with Crippen molar-refractivity contribution in [3.8, 4) is 0 Å². The van der Waals surface area contributed by atoms with Gasteiger partial charge in [0.05, 0.1) is 29.7 Å². The number of carbonyl (C=O) groups is 1. The van der Waals surface area contributed by atoms with Gasteiger partial charge in [-0.25, -0.2) is 0 Å². The van der Waals surface area contributed by atoms with Crippen molar-refractivity contribution in [3.05, 3.63) is 33.8 Å². The van der Waals surface area contributed by atoms with Gasteiger partial charge in [-0.1, -0.05) is 29.3 Å². The molecule has 106 valence electrons. The smallest absolute Gasteiger partial charge is 0.227 e. The first-order chi connectivity index (χ1) is 9.08. The minimum Gasteiger partial charge on any atom is -0.395 e. The molecule has 0 aliphatic heterocycles. The van der Waals surface area contributed by atoms with Crippen molar-refractivity contribution in [1.82, 2.24) is 4.90 Å². The Hall–Kier alpha value is -0.810. The zero-order chi connectivity index (χ0) is 14.3. The summed E-state index contributed by atoms with van der Waals surface area (Å²) < 4.78 is 4.94. The average molecular weight is 306 g/mol. The molecule has 0 fully saturated rings. The van der Waals surface area contributed by atoms with Gasteiger partial charge in [0.25, 0.3) is 0 Å². The number of aliphatic hydroxyl groups excluding tert-OH is 1. The monoisotopic (exact) mass is 305 g/mol. The van der Waals surface area contributed by atoms with E-state index in [0.29, 0.717) is 29.7 Å². The highest BCUT2D eigenvalue weighted by molar-refractivity contribution is 6.42. The van der Waals surface area contributed by atoms with Gasteiger partial charge in [0.1, 0.15) is 0 Å². The maximum absolute atomic E-state index is 12.1. The van der Waals surface area contributed by atoms with Crippen molar-refractivity contribution in [3.63, 3.8) is 0 Å². The molecule has 4 nitrogen and oxygen atoms in total. The lowest BCUT2D eigenvalue weighted by molar-refractivity contribution is -0.131. The number of ether oxygens (including phenoxy) is 1. The summed E-state index contributed by atoms with van der Waals surface area (Å²) in [4.78, 5) is 13.6. The van der Waals surface area contributed by atoms with Crippen LogP contribution >= 0.6 is 23.2 Å². The van der Waals surface area contributed by atoms with Crippen LogP contribution in [0.15, 0.2) is 18.2 Å². The number of rotatable bonds is 7. The fourth-order valence-electron chi connectivity index (χ4n) is 1.62. The lowest BCUT2D eigenvalue weighted by Crippen LogP contribution is -2.37. The Kier molecular flexibility index (Phi) is 7.16. The van der Waals surface area contributed by atoms with Gasteiger partial charge in [0.15, 0.2) is 0 Å². The summed E-state index contributed by atoms with van der Waals surface area (Å²) in [7, 11) is 1.57. The number of benzene rings is 1. The van der Waals surface area contributed by atoms with Gasteiger partial charge in [-0.05, 0) is 17.7 Å². The van der Waals surface area contributed by atoms with Crippen LogP contribution in [0.5, 0.6) is 0 Å². The largest absolute Gasteiger partial charge is 0.395 e. The van der Waals surface area contributed by atoms with Crippen molar-refractivity contribution < 1.29 is 14.6 Å². The molecule has 0 aromatic heterocycles. The van der Waals surface area contributed by atoms with Crippen molar-refractivity contribution >= 4 is 29.1 Å². The zero-order valence-electron chi connectivity index (χ0n) is 10.7. The Labute approximate surface area is 122 Å². The Morgan fingerprint density at radius 1 is 1.32 bits per heavy atom. The average Bonchev–Trinajstić information content (AvgIpc) is 2.38. The number of hydrogen-bond acceptors (Lipinski definition) is 3. The van der Waals surface area contributed by atoms with Gasteiger partial charge < -0.3 is 14.7 Å². The van der Waals surface area contributed by atoms with E-state index in [0.717, 1.165) is 5.56 Å². The van der Waals surface area contributed by atoms with Crippen LogP contribution in [-0.2, 0) is 16.0 Å². The highest BCUT2D eigenvalue weighted by Gasteiger charge is 2.13. The Bertz CT molecular complexity index is 426. The van der Waals surface area contributed by atoms with Crippen LogP contribution in [-0.4, -0.2) is 49.3 Å². The van der Waals surface area contributed by atoms with Gasteiger partial charge >= 0.3 is 0 Å². The number of amides is 1. The molecular formula is C13H17Cl2NO3. The molecule has 0 spiro atoms.